The molecular weight excluding hydrogens is 515 g/mol. The molecule has 4 rings (SSSR count). The molecule has 0 radical (unpaired) electrons. The van der Waals surface area contributed by atoms with Crippen molar-refractivity contribution >= 4 is 52.1 Å². The third-order valence-electron chi connectivity index (χ3n) is 5.91. The van der Waals surface area contributed by atoms with Crippen molar-refractivity contribution in [2.24, 2.45) is 0 Å². The first-order valence-corrected chi connectivity index (χ1v) is 12.0. The predicted octanol–water partition coefficient (Wildman–Crippen LogP) is 4.91. The first kappa shape index (κ1) is 26.4. The van der Waals surface area contributed by atoms with Gasteiger partial charge in [0.15, 0.2) is 5.69 Å². The summed E-state index contributed by atoms with van der Waals surface area (Å²) in [6.45, 7) is 3.50. The van der Waals surface area contributed by atoms with Crippen molar-refractivity contribution in [3.05, 3.63) is 116 Å². The third-order valence-corrected chi connectivity index (χ3v) is 6.38. The van der Waals surface area contributed by atoms with Crippen LogP contribution in [0.15, 0.2) is 95.3 Å². The number of anilines is 2. The second-order valence-electron chi connectivity index (χ2n) is 8.49. The highest BCUT2D eigenvalue weighted by Crippen LogP contribution is 2.39. The molecule has 3 aromatic rings. The Morgan fingerprint density at radius 3 is 1.70 bits per heavy atom. The summed E-state index contributed by atoms with van der Waals surface area (Å²) in [5.74, 6) is -1.65. The van der Waals surface area contributed by atoms with Gasteiger partial charge in [0, 0.05) is 62.0 Å². The maximum atomic E-state index is 13.6. The van der Waals surface area contributed by atoms with E-state index in [4.69, 9.17) is 23.2 Å². The van der Waals surface area contributed by atoms with Gasteiger partial charge in [-0.3, -0.25) is 9.59 Å². The van der Waals surface area contributed by atoms with E-state index in [1.54, 1.807) is 74.5 Å². The molecule has 3 aromatic carbocycles. The number of carbonyl (C=O) groups excluding carboxylic acids is 2. The average Bonchev–Trinajstić information content (AvgIpc) is 2.83. The Kier molecular flexibility index (Phi) is 7.97. The van der Waals surface area contributed by atoms with Gasteiger partial charge in [-0.25, -0.2) is 5.21 Å². The Morgan fingerprint density at radius 2 is 1.30 bits per heavy atom. The van der Waals surface area contributed by atoms with Gasteiger partial charge in [0.05, 0.1) is 0 Å². The fourth-order valence-electron chi connectivity index (χ4n) is 4.28. The van der Waals surface area contributed by atoms with Crippen LogP contribution in [0.5, 0.6) is 0 Å². The summed E-state index contributed by atoms with van der Waals surface area (Å²) in [4.78, 5) is 27.2. The van der Waals surface area contributed by atoms with E-state index < -0.39 is 23.0 Å². The van der Waals surface area contributed by atoms with Gasteiger partial charge < -0.3 is 21.2 Å². The van der Waals surface area contributed by atoms with Gasteiger partial charge in [0.2, 0.25) is 0 Å². The van der Waals surface area contributed by atoms with Crippen molar-refractivity contribution in [1.82, 2.24) is 5.32 Å². The summed E-state index contributed by atoms with van der Waals surface area (Å²) in [6.07, 6.45) is 0. The van der Waals surface area contributed by atoms with Gasteiger partial charge in [-0.15, -0.1) is 0 Å². The molecule has 2 amide bonds. The Morgan fingerprint density at radius 1 is 0.838 bits per heavy atom. The molecule has 190 valence electrons. The maximum Gasteiger partial charge on any atom is 0.254 e. The monoisotopic (exact) mass is 538 g/mol. The van der Waals surface area contributed by atoms with Gasteiger partial charge in [-0.05, 0) is 55.8 Å². The molecule has 0 spiro atoms. The van der Waals surface area contributed by atoms with Gasteiger partial charge in [-0.2, -0.15) is 5.23 Å². The van der Waals surface area contributed by atoms with E-state index in [0.29, 0.717) is 49.5 Å². The van der Waals surface area contributed by atoms with Crippen LogP contribution < -0.4 is 21.2 Å². The number of benzene rings is 3. The van der Waals surface area contributed by atoms with Gasteiger partial charge in [0.25, 0.3) is 11.8 Å². The van der Waals surface area contributed by atoms with E-state index in [-0.39, 0.29) is 5.69 Å². The maximum absolute atomic E-state index is 13.6. The fourth-order valence-corrected chi connectivity index (χ4v) is 4.66. The average molecular weight is 539 g/mol. The minimum atomic E-state index is -1.08. The molecular formula is C27H24Cl2N4O4. The van der Waals surface area contributed by atoms with E-state index in [0.717, 1.165) is 0 Å². The quantitative estimate of drug-likeness (QED) is 0.286. The molecule has 37 heavy (non-hydrogen) atoms. The number of halogens is 2. The standard InChI is InChI=1S/C27H24Cl2N4O4/c1-15-23(26(34)31-20-7-3-5-18(28)13-20)25(17-9-11-22(12-10-17)33(36)37)24(16(2)30-15)27(35)32-21-8-4-6-19(29)14-21/h3-14,25,30,33,36H,1-2H3,(H,31,34)(H,32,35). The summed E-state index contributed by atoms with van der Waals surface area (Å²) in [5, 5.41) is 29.5. The lowest BCUT2D eigenvalue weighted by Gasteiger charge is -2.31. The van der Waals surface area contributed by atoms with E-state index in [2.05, 4.69) is 16.0 Å². The number of rotatable bonds is 6. The summed E-state index contributed by atoms with van der Waals surface area (Å²) in [7, 11) is 0. The minimum absolute atomic E-state index is 0.0916. The topological polar surface area (TPSA) is 118 Å². The highest BCUT2D eigenvalue weighted by Gasteiger charge is 2.36. The highest BCUT2D eigenvalue weighted by molar-refractivity contribution is 6.31. The van der Waals surface area contributed by atoms with E-state index in [1.165, 1.54) is 12.1 Å². The molecule has 5 N–H and O–H groups in total. The van der Waals surface area contributed by atoms with Crippen LogP contribution in [-0.4, -0.2) is 17.0 Å². The number of carbonyl (C=O) groups is 2. The number of amides is 2. The lowest BCUT2D eigenvalue weighted by Crippen LogP contribution is -2.99. The zero-order chi connectivity index (χ0) is 26.7. The molecule has 1 aliphatic heterocycles. The van der Waals surface area contributed by atoms with Crippen molar-refractivity contribution in [3.8, 4) is 0 Å². The van der Waals surface area contributed by atoms with Crippen LogP contribution in [0.2, 0.25) is 10.0 Å². The van der Waals surface area contributed by atoms with Crippen LogP contribution in [0.3, 0.4) is 0 Å². The Bertz CT molecular complexity index is 1340. The minimum Gasteiger partial charge on any atom is -0.595 e. The summed E-state index contributed by atoms with van der Waals surface area (Å²) in [6, 6.07) is 19.6. The van der Waals surface area contributed by atoms with Crippen LogP contribution in [0, 0.1) is 5.21 Å². The van der Waals surface area contributed by atoms with Crippen molar-refractivity contribution in [2.75, 3.05) is 10.6 Å². The number of hydrogen-bond acceptors (Lipinski definition) is 5. The van der Waals surface area contributed by atoms with Crippen LogP contribution in [0.1, 0.15) is 25.3 Å². The molecule has 0 aromatic heterocycles. The third kappa shape index (κ3) is 6.02. The van der Waals surface area contributed by atoms with Crippen molar-refractivity contribution in [2.45, 2.75) is 19.8 Å². The molecule has 0 bridgehead atoms. The summed E-state index contributed by atoms with van der Waals surface area (Å²) >= 11 is 12.2. The van der Waals surface area contributed by atoms with E-state index in [9.17, 15) is 20.0 Å². The second-order valence-corrected chi connectivity index (χ2v) is 9.36. The van der Waals surface area contributed by atoms with Crippen molar-refractivity contribution in [3.63, 3.8) is 0 Å². The lowest BCUT2D eigenvalue weighted by atomic mass is 9.79. The zero-order valence-corrected chi connectivity index (χ0v) is 21.4. The van der Waals surface area contributed by atoms with E-state index in [1.807, 2.05) is 0 Å². The fraction of sp³-hybridized carbons (Fsp3) is 0.111. The number of nitrogens with one attached hydrogen (secondary N) is 4. The molecule has 10 heteroatoms. The van der Waals surface area contributed by atoms with Gasteiger partial charge >= 0.3 is 0 Å². The Hall–Kier alpha value is -3.66. The van der Waals surface area contributed by atoms with Crippen molar-refractivity contribution in [1.29, 1.82) is 0 Å². The van der Waals surface area contributed by atoms with Crippen molar-refractivity contribution < 1.29 is 20.0 Å². The predicted molar refractivity (Wildman–Crippen MR) is 144 cm³/mol. The molecule has 0 aliphatic carbocycles. The molecule has 8 nitrogen and oxygen atoms in total. The first-order valence-electron chi connectivity index (χ1n) is 11.3. The second kappa shape index (κ2) is 11.2. The normalized spacial score (nSPS) is 14.8. The van der Waals surface area contributed by atoms with Gasteiger partial charge in [-0.1, -0.05) is 47.5 Å². The SMILES string of the molecule is CC1=C(C(=O)Nc2cccc(Cl)c2)C(c2ccc([NH+]([O-])O)cc2)C(C(=O)Nc2cccc(Cl)c2)=C(C)N1. The summed E-state index contributed by atoms with van der Waals surface area (Å²) < 4.78 is 0. The van der Waals surface area contributed by atoms with Crippen LogP contribution in [0.25, 0.3) is 0 Å². The molecule has 1 heterocycles. The molecule has 1 aliphatic rings. The number of quaternary nitrogens is 1. The summed E-state index contributed by atoms with van der Waals surface area (Å²) in [5.41, 5.74) is 3.40. The van der Waals surface area contributed by atoms with Crippen LogP contribution in [-0.2, 0) is 9.59 Å². The van der Waals surface area contributed by atoms with Crippen LogP contribution in [0.4, 0.5) is 17.1 Å². The Labute approximate surface area is 223 Å². The molecule has 0 fully saturated rings. The zero-order valence-electron chi connectivity index (χ0n) is 19.9. The Balaban J connectivity index is 1.77. The van der Waals surface area contributed by atoms with E-state index >= 15 is 0 Å². The lowest BCUT2D eigenvalue weighted by molar-refractivity contribution is -0.991. The molecule has 1 unspecified atom stereocenters. The number of hydrogen-bond donors (Lipinski definition) is 5. The molecule has 1 atom stereocenters. The smallest absolute Gasteiger partial charge is 0.254 e. The van der Waals surface area contributed by atoms with Gasteiger partial charge in [0.1, 0.15) is 0 Å². The molecule has 0 saturated carbocycles. The first-order chi connectivity index (χ1) is 17.6. The molecule has 0 saturated heterocycles. The number of dihydropyridines is 1. The highest BCUT2D eigenvalue weighted by atomic mass is 35.5. The number of allylic oxidation sites excluding steroid dienone is 2. The van der Waals surface area contributed by atoms with Crippen LogP contribution >= 0.6 is 23.2 Å². The largest absolute Gasteiger partial charge is 0.595 e.